The molecule has 12 heavy (non-hydrogen) atoms. The molecular formula is C7H14ClNO3. The van der Waals surface area contributed by atoms with Crippen molar-refractivity contribution in [3.05, 3.63) is 0 Å². The van der Waals surface area contributed by atoms with E-state index in [1.54, 1.807) is 0 Å². The summed E-state index contributed by atoms with van der Waals surface area (Å²) in [5.74, 6) is -1.13. The number of nitrogens with zero attached hydrogens (tertiary/aromatic N) is 1. The minimum atomic E-state index is -1.21. The smallest absolute Gasteiger partial charge is 0.333 e. The number of aliphatic carboxylic acids is 1. The summed E-state index contributed by atoms with van der Waals surface area (Å²) in [6, 6.07) is 0. The minimum absolute atomic E-state index is 0. The molecule has 4 nitrogen and oxygen atoms in total. The number of aliphatic hydroxyl groups is 1. The molecule has 0 aromatic rings. The summed E-state index contributed by atoms with van der Waals surface area (Å²) >= 11 is 0. The van der Waals surface area contributed by atoms with Crippen LogP contribution in [-0.4, -0.2) is 46.8 Å². The molecular weight excluding hydrogens is 182 g/mol. The van der Waals surface area contributed by atoms with E-state index in [0.29, 0.717) is 0 Å². The van der Waals surface area contributed by atoms with Gasteiger partial charge >= 0.3 is 5.97 Å². The van der Waals surface area contributed by atoms with Crippen LogP contribution >= 0.6 is 12.4 Å². The lowest BCUT2D eigenvalue weighted by atomic mass is 10.3. The first kappa shape index (κ1) is 11.7. The van der Waals surface area contributed by atoms with Gasteiger partial charge in [-0.2, -0.15) is 0 Å². The summed E-state index contributed by atoms with van der Waals surface area (Å²) in [5, 5.41) is 17.3. The first-order valence-corrected chi connectivity index (χ1v) is 3.83. The maximum atomic E-state index is 10.2. The van der Waals surface area contributed by atoms with Gasteiger partial charge in [0.15, 0.2) is 6.10 Å². The Morgan fingerprint density at radius 3 is 2.33 bits per heavy atom. The van der Waals surface area contributed by atoms with Crippen LogP contribution in [0.25, 0.3) is 0 Å². The number of aliphatic hydroxyl groups excluding tert-OH is 1. The molecule has 0 bridgehead atoms. The Labute approximate surface area is 77.6 Å². The van der Waals surface area contributed by atoms with Gasteiger partial charge in [-0.3, -0.25) is 0 Å². The molecule has 72 valence electrons. The van der Waals surface area contributed by atoms with Crippen LogP contribution in [0.3, 0.4) is 0 Å². The highest BCUT2D eigenvalue weighted by Gasteiger charge is 2.19. The lowest BCUT2D eigenvalue weighted by Gasteiger charge is -2.15. The van der Waals surface area contributed by atoms with Gasteiger partial charge in [-0.15, -0.1) is 12.4 Å². The second-order valence-corrected chi connectivity index (χ2v) is 2.86. The maximum absolute atomic E-state index is 10.2. The van der Waals surface area contributed by atoms with Crippen molar-refractivity contribution in [2.24, 2.45) is 0 Å². The Hall–Kier alpha value is -0.320. The second kappa shape index (κ2) is 5.35. The van der Waals surface area contributed by atoms with Crippen LogP contribution in [0, 0.1) is 0 Å². The van der Waals surface area contributed by atoms with Crippen LogP contribution in [0.1, 0.15) is 12.8 Å². The summed E-state index contributed by atoms with van der Waals surface area (Å²) in [6.45, 7) is 2.12. The Bertz CT molecular complexity index is 148. The zero-order chi connectivity index (χ0) is 8.27. The van der Waals surface area contributed by atoms with E-state index in [9.17, 15) is 4.79 Å². The molecule has 0 saturated carbocycles. The highest BCUT2D eigenvalue weighted by atomic mass is 35.5. The fourth-order valence-electron chi connectivity index (χ4n) is 1.29. The van der Waals surface area contributed by atoms with E-state index >= 15 is 0 Å². The fraction of sp³-hybridized carbons (Fsp3) is 0.857. The fourth-order valence-corrected chi connectivity index (χ4v) is 1.29. The molecule has 1 atom stereocenters. The number of carboxylic acid groups (broad SMARTS) is 1. The van der Waals surface area contributed by atoms with E-state index in [4.69, 9.17) is 10.2 Å². The number of rotatable bonds is 3. The quantitative estimate of drug-likeness (QED) is 0.663. The van der Waals surface area contributed by atoms with E-state index < -0.39 is 12.1 Å². The first-order valence-electron chi connectivity index (χ1n) is 3.83. The minimum Gasteiger partial charge on any atom is -0.479 e. The predicted octanol–water partition coefficient (Wildman–Crippen LogP) is -0.0505. The molecule has 1 fully saturated rings. The monoisotopic (exact) mass is 195 g/mol. The molecule has 0 amide bonds. The average molecular weight is 196 g/mol. The molecule has 0 radical (unpaired) electrons. The summed E-state index contributed by atoms with van der Waals surface area (Å²) in [6.07, 6.45) is 1.02. The Kier molecular flexibility index (Phi) is 5.20. The second-order valence-electron chi connectivity index (χ2n) is 2.86. The molecule has 1 aliphatic rings. The van der Waals surface area contributed by atoms with E-state index in [1.807, 2.05) is 4.90 Å². The number of carboxylic acids is 1. The van der Waals surface area contributed by atoms with E-state index in [1.165, 1.54) is 0 Å². The Morgan fingerprint density at radius 1 is 1.42 bits per heavy atom. The third kappa shape index (κ3) is 3.38. The molecule has 0 aliphatic carbocycles. The van der Waals surface area contributed by atoms with Gasteiger partial charge < -0.3 is 15.1 Å². The molecule has 2 N–H and O–H groups in total. The number of β-amino-alcohol motifs (C(OH)–C–C–N with tert-alkyl or cyclic N) is 1. The molecule has 0 aromatic carbocycles. The Morgan fingerprint density at radius 2 is 1.92 bits per heavy atom. The summed E-state index contributed by atoms with van der Waals surface area (Å²) < 4.78 is 0. The highest BCUT2D eigenvalue weighted by molar-refractivity contribution is 5.85. The molecule has 0 aromatic heterocycles. The van der Waals surface area contributed by atoms with Crippen molar-refractivity contribution >= 4 is 18.4 Å². The van der Waals surface area contributed by atoms with Crippen molar-refractivity contribution in [2.45, 2.75) is 18.9 Å². The normalized spacial score (nSPS) is 20.1. The summed E-state index contributed by atoms with van der Waals surface area (Å²) in [5.41, 5.74) is 0. The maximum Gasteiger partial charge on any atom is 0.333 e. The molecule has 1 unspecified atom stereocenters. The van der Waals surface area contributed by atoms with E-state index in [0.717, 1.165) is 25.9 Å². The van der Waals surface area contributed by atoms with Gasteiger partial charge in [-0.1, -0.05) is 0 Å². The topological polar surface area (TPSA) is 60.8 Å². The van der Waals surface area contributed by atoms with Crippen molar-refractivity contribution in [3.63, 3.8) is 0 Å². The van der Waals surface area contributed by atoms with Gasteiger partial charge in [-0.05, 0) is 25.9 Å². The van der Waals surface area contributed by atoms with Crippen LogP contribution in [-0.2, 0) is 4.79 Å². The van der Waals surface area contributed by atoms with Crippen molar-refractivity contribution in [2.75, 3.05) is 19.6 Å². The van der Waals surface area contributed by atoms with Crippen molar-refractivity contribution in [1.29, 1.82) is 0 Å². The number of hydrogen-bond acceptors (Lipinski definition) is 3. The van der Waals surface area contributed by atoms with Crippen molar-refractivity contribution in [3.8, 4) is 0 Å². The van der Waals surface area contributed by atoms with E-state index in [-0.39, 0.29) is 19.0 Å². The lowest BCUT2D eigenvalue weighted by molar-refractivity contribution is -0.147. The molecule has 1 aliphatic heterocycles. The third-order valence-corrected chi connectivity index (χ3v) is 1.91. The number of halogens is 1. The molecule has 1 saturated heterocycles. The molecule has 5 heteroatoms. The van der Waals surface area contributed by atoms with Crippen LogP contribution < -0.4 is 0 Å². The highest BCUT2D eigenvalue weighted by Crippen LogP contribution is 2.07. The van der Waals surface area contributed by atoms with Crippen LogP contribution in [0.4, 0.5) is 0 Å². The third-order valence-electron chi connectivity index (χ3n) is 1.91. The standard InChI is InChI=1S/C7H13NO3.ClH/c9-6(7(10)11)5-8-3-1-2-4-8;/h6,9H,1-5H2,(H,10,11);1H. The zero-order valence-electron chi connectivity index (χ0n) is 6.77. The summed E-state index contributed by atoms with van der Waals surface area (Å²) in [7, 11) is 0. The van der Waals surface area contributed by atoms with Crippen molar-refractivity contribution < 1.29 is 15.0 Å². The SMILES string of the molecule is Cl.O=C(O)C(O)CN1CCCC1. The van der Waals surface area contributed by atoms with Crippen LogP contribution in [0.2, 0.25) is 0 Å². The average Bonchev–Trinajstić information content (AvgIpc) is 2.39. The predicted molar refractivity (Wildman–Crippen MR) is 46.6 cm³/mol. The van der Waals surface area contributed by atoms with Crippen molar-refractivity contribution in [1.82, 2.24) is 4.90 Å². The lowest BCUT2D eigenvalue weighted by Crippen LogP contribution is -2.35. The molecule has 0 spiro atoms. The van der Waals surface area contributed by atoms with Crippen LogP contribution in [0.5, 0.6) is 0 Å². The largest absolute Gasteiger partial charge is 0.479 e. The van der Waals surface area contributed by atoms with Gasteiger partial charge in [0, 0.05) is 6.54 Å². The van der Waals surface area contributed by atoms with Gasteiger partial charge in [0.25, 0.3) is 0 Å². The Balaban J connectivity index is 0.00000121. The van der Waals surface area contributed by atoms with Crippen LogP contribution in [0.15, 0.2) is 0 Å². The molecule has 1 heterocycles. The van der Waals surface area contributed by atoms with Gasteiger partial charge in [0.1, 0.15) is 0 Å². The van der Waals surface area contributed by atoms with Gasteiger partial charge in [0.05, 0.1) is 0 Å². The first-order chi connectivity index (χ1) is 5.20. The zero-order valence-corrected chi connectivity index (χ0v) is 7.59. The van der Waals surface area contributed by atoms with Gasteiger partial charge in [0.2, 0.25) is 0 Å². The summed E-state index contributed by atoms with van der Waals surface area (Å²) in [4.78, 5) is 12.2. The number of carbonyl (C=O) groups is 1. The van der Waals surface area contributed by atoms with E-state index in [2.05, 4.69) is 0 Å². The number of likely N-dealkylation sites (tertiary alicyclic amines) is 1. The molecule has 1 rings (SSSR count). The number of hydrogen-bond donors (Lipinski definition) is 2. The van der Waals surface area contributed by atoms with Gasteiger partial charge in [-0.25, -0.2) is 4.79 Å².